The lowest BCUT2D eigenvalue weighted by molar-refractivity contribution is 0.0773. The van der Waals surface area contributed by atoms with E-state index in [1.54, 1.807) is 41.3 Å². The number of nitrogens with one attached hydrogen (secondary N) is 1. The molecule has 1 aliphatic heterocycles. The van der Waals surface area contributed by atoms with Crippen LogP contribution in [0.25, 0.3) is 5.57 Å². The van der Waals surface area contributed by atoms with Gasteiger partial charge in [0, 0.05) is 24.3 Å². The van der Waals surface area contributed by atoms with E-state index >= 15 is 0 Å². The van der Waals surface area contributed by atoms with Crippen LogP contribution in [-0.4, -0.2) is 38.9 Å². The molecule has 1 N–H and O–H groups in total. The number of rotatable bonds is 7. The van der Waals surface area contributed by atoms with Crippen molar-refractivity contribution in [3.05, 3.63) is 96.1 Å². The van der Waals surface area contributed by atoms with Gasteiger partial charge >= 0.3 is 0 Å². The fraction of sp³-hybridized carbons (Fsp3) is 0.192. The number of sulfonamides is 1. The van der Waals surface area contributed by atoms with Gasteiger partial charge in [-0.2, -0.15) is 0 Å². The van der Waals surface area contributed by atoms with Gasteiger partial charge in [-0.3, -0.25) is 9.52 Å². The molecule has 1 amide bonds. The summed E-state index contributed by atoms with van der Waals surface area (Å²) in [5.41, 5.74) is 3.35. The average Bonchev–Trinajstić information content (AvgIpc) is 2.85. The van der Waals surface area contributed by atoms with E-state index in [2.05, 4.69) is 22.9 Å². The number of hydrogen-bond donors (Lipinski definition) is 1. The predicted octanol–water partition coefficient (Wildman–Crippen LogP) is 4.82. The summed E-state index contributed by atoms with van der Waals surface area (Å²) < 4.78 is 33.2. The van der Waals surface area contributed by atoms with Crippen molar-refractivity contribution in [1.29, 1.82) is 0 Å². The summed E-state index contributed by atoms with van der Waals surface area (Å²) in [6.45, 7) is 3.57. The Morgan fingerprint density at radius 3 is 2.27 bits per heavy atom. The molecule has 0 radical (unpaired) electrons. The summed E-state index contributed by atoms with van der Waals surface area (Å²) in [6, 6.07) is 22.9. The number of anilines is 1. The lowest BCUT2D eigenvalue weighted by Gasteiger charge is -2.27. The zero-order valence-electron chi connectivity index (χ0n) is 18.4. The van der Waals surface area contributed by atoms with Crippen LogP contribution in [0.5, 0.6) is 5.75 Å². The minimum Gasteiger partial charge on any atom is -0.494 e. The summed E-state index contributed by atoms with van der Waals surface area (Å²) in [7, 11) is -3.74. The smallest absolute Gasteiger partial charge is 0.261 e. The van der Waals surface area contributed by atoms with Crippen molar-refractivity contribution in [1.82, 2.24) is 4.90 Å². The minimum absolute atomic E-state index is 0.0701. The van der Waals surface area contributed by atoms with Gasteiger partial charge in [0.15, 0.2) is 0 Å². The van der Waals surface area contributed by atoms with Crippen molar-refractivity contribution in [3.8, 4) is 5.75 Å². The first kappa shape index (κ1) is 22.6. The van der Waals surface area contributed by atoms with E-state index in [0.717, 1.165) is 6.42 Å². The Balaban J connectivity index is 1.40. The molecule has 4 rings (SSSR count). The number of amides is 1. The third kappa shape index (κ3) is 5.43. The lowest BCUT2D eigenvalue weighted by atomic mass is 9.99. The molecule has 0 bridgehead atoms. The molecule has 170 valence electrons. The Morgan fingerprint density at radius 1 is 0.970 bits per heavy atom. The molecule has 0 spiro atoms. The van der Waals surface area contributed by atoms with Gasteiger partial charge in [-0.15, -0.1) is 0 Å². The molecule has 3 aromatic carbocycles. The van der Waals surface area contributed by atoms with Crippen LogP contribution in [0.15, 0.2) is 89.8 Å². The number of nitrogens with zero attached hydrogens (tertiary/aromatic N) is 1. The molecule has 0 fully saturated rings. The number of hydrogen-bond acceptors (Lipinski definition) is 4. The van der Waals surface area contributed by atoms with E-state index in [4.69, 9.17) is 4.74 Å². The maximum Gasteiger partial charge on any atom is 0.261 e. The number of carbonyl (C=O) groups is 1. The fourth-order valence-electron chi connectivity index (χ4n) is 3.73. The Hall–Kier alpha value is -3.58. The van der Waals surface area contributed by atoms with Gasteiger partial charge in [-0.1, -0.05) is 36.4 Å². The van der Waals surface area contributed by atoms with Crippen LogP contribution in [0.4, 0.5) is 5.69 Å². The van der Waals surface area contributed by atoms with Crippen LogP contribution < -0.4 is 9.46 Å². The molecule has 7 heteroatoms. The zero-order chi connectivity index (χ0) is 23.3. The summed E-state index contributed by atoms with van der Waals surface area (Å²) in [5, 5.41) is 0. The highest BCUT2D eigenvalue weighted by molar-refractivity contribution is 7.92. The number of ether oxygens (including phenoxy) is 1. The van der Waals surface area contributed by atoms with Crippen molar-refractivity contribution in [2.24, 2.45) is 0 Å². The Kier molecular flexibility index (Phi) is 6.79. The standard InChI is InChI=1S/C26H26N2O4S/c1-2-32-24-12-14-25(15-13-24)33(30,31)27-23-10-8-22(9-11-23)26(29)28-18-16-21(17-19-28)20-6-4-3-5-7-20/h3-16,27H,2,17-19H2,1H3. The number of carbonyl (C=O) groups excluding carboxylic acids is 1. The first-order chi connectivity index (χ1) is 16.0. The molecule has 3 aromatic rings. The van der Waals surface area contributed by atoms with Crippen LogP contribution in [-0.2, 0) is 10.0 Å². The van der Waals surface area contributed by atoms with E-state index in [1.165, 1.54) is 23.3 Å². The molecule has 0 atom stereocenters. The highest BCUT2D eigenvalue weighted by Crippen LogP contribution is 2.24. The van der Waals surface area contributed by atoms with E-state index in [1.807, 2.05) is 25.1 Å². The molecule has 6 nitrogen and oxygen atoms in total. The van der Waals surface area contributed by atoms with E-state index < -0.39 is 10.0 Å². The summed E-state index contributed by atoms with van der Waals surface area (Å²) in [4.78, 5) is 14.8. The van der Waals surface area contributed by atoms with Crippen LogP contribution in [0.2, 0.25) is 0 Å². The molecule has 33 heavy (non-hydrogen) atoms. The van der Waals surface area contributed by atoms with Crippen LogP contribution >= 0.6 is 0 Å². The molecule has 1 heterocycles. The monoisotopic (exact) mass is 462 g/mol. The first-order valence-electron chi connectivity index (χ1n) is 10.9. The van der Waals surface area contributed by atoms with Gasteiger partial charge in [0.1, 0.15) is 5.75 Å². The molecular weight excluding hydrogens is 436 g/mol. The van der Waals surface area contributed by atoms with E-state index in [0.29, 0.717) is 36.7 Å². The molecule has 1 aliphatic rings. The Labute approximate surface area is 194 Å². The van der Waals surface area contributed by atoms with Crippen molar-refractivity contribution in [3.63, 3.8) is 0 Å². The third-order valence-corrected chi connectivity index (χ3v) is 6.87. The normalized spacial score (nSPS) is 13.8. The van der Waals surface area contributed by atoms with Crippen molar-refractivity contribution in [2.75, 3.05) is 24.4 Å². The number of benzene rings is 3. The van der Waals surface area contributed by atoms with Crippen LogP contribution in [0.1, 0.15) is 29.3 Å². The van der Waals surface area contributed by atoms with Gasteiger partial charge in [0.05, 0.1) is 11.5 Å². The topological polar surface area (TPSA) is 75.7 Å². The molecule has 0 saturated heterocycles. The van der Waals surface area contributed by atoms with Gasteiger partial charge in [0.2, 0.25) is 0 Å². The maximum absolute atomic E-state index is 12.9. The molecule has 0 aliphatic carbocycles. The molecule has 0 aromatic heterocycles. The summed E-state index contributed by atoms with van der Waals surface area (Å²) >= 11 is 0. The second-order valence-corrected chi connectivity index (χ2v) is 9.37. The van der Waals surface area contributed by atoms with E-state index in [-0.39, 0.29) is 10.8 Å². The summed E-state index contributed by atoms with van der Waals surface area (Å²) in [6.07, 6.45) is 2.89. The van der Waals surface area contributed by atoms with Gasteiger partial charge < -0.3 is 9.64 Å². The lowest BCUT2D eigenvalue weighted by Crippen LogP contribution is -2.34. The van der Waals surface area contributed by atoms with Crippen LogP contribution in [0.3, 0.4) is 0 Å². The largest absolute Gasteiger partial charge is 0.494 e. The predicted molar refractivity (Wildman–Crippen MR) is 130 cm³/mol. The van der Waals surface area contributed by atoms with Crippen molar-refractivity contribution >= 4 is 27.2 Å². The first-order valence-corrected chi connectivity index (χ1v) is 12.3. The van der Waals surface area contributed by atoms with E-state index in [9.17, 15) is 13.2 Å². The van der Waals surface area contributed by atoms with Crippen molar-refractivity contribution < 1.29 is 17.9 Å². The molecule has 0 unspecified atom stereocenters. The average molecular weight is 463 g/mol. The maximum atomic E-state index is 12.9. The highest BCUT2D eigenvalue weighted by Gasteiger charge is 2.20. The van der Waals surface area contributed by atoms with Gasteiger partial charge in [0.25, 0.3) is 15.9 Å². The minimum atomic E-state index is -3.74. The quantitative estimate of drug-likeness (QED) is 0.546. The summed E-state index contributed by atoms with van der Waals surface area (Å²) in [5.74, 6) is 0.544. The Morgan fingerprint density at radius 2 is 1.67 bits per heavy atom. The van der Waals surface area contributed by atoms with Gasteiger partial charge in [-0.05, 0) is 73.0 Å². The Bertz CT molecular complexity index is 1240. The van der Waals surface area contributed by atoms with Gasteiger partial charge in [-0.25, -0.2) is 8.42 Å². The molecular formula is C26H26N2O4S. The fourth-order valence-corrected chi connectivity index (χ4v) is 4.79. The second-order valence-electron chi connectivity index (χ2n) is 7.68. The third-order valence-electron chi connectivity index (χ3n) is 5.47. The highest BCUT2D eigenvalue weighted by atomic mass is 32.2. The second kappa shape index (κ2) is 9.92. The molecule has 0 saturated carbocycles. The SMILES string of the molecule is CCOc1ccc(S(=O)(=O)Nc2ccc(C(=O)N3CC=C(c4ccccc4)CC3)cc2)cc1. The van der Waals surface area contributed by atoms with Crippen molar-refractivity contribution in [2.45, 2.75) is 18.2 Å². The zero-order valence-corrected chi connectivity index (χ0v) is 19.2. The van der Waals surface area contributed by atoms with Crippen LogP contribution in [0, 0.1) is 0 Å².